The van der Waals surface area contributed by atoms with Crippen LogP contribution in [0.1, 0.15) is 10.4 Å². The minimum absolute atomic E-state index is 0.315. The number of halogens is 2. The van der Waals surface area contributed by atoms with Crippen LogP contribution in [0.25, 0.3) is 10.2 Å². The monoisotopic (exact) mass is 307 g/mol. The van der Waals surface area contributed by atoms with Gasteiger partial charge in [-0.1, -0.05) is 17.7 Å². The van der Waals surface area contributed by atoms with Crippen LogP contribution in [0.2, 0.25) is 5.15 Å². The second-order valence-electron chi connectivity index (χ2n) is 4.44. The Kier molecular flexibility index (Phi) is 3.31. The molecule has 0 saturated heterocycles. The fourth-order valence-corrected chi connectivity index (χ4v) is 3.35. The van der Waals surface area contributed by atoms with Gasteiger partial charge in [-0.2, -0.15) is 0 Å². The molecule has 3 aromatic rings. The molecule has 0 atom stereocenters. The van der Waals surface area contributed by atoms with Crippen LogP contribution in [0.3, 0.4) is 0 Å². The third-order valence-corrected chi connectivity index (χ3v) is 4.44. The smallest absolute Gasteiger partial charge is 0.230 e. The van der Waals surface area contributed by atoms with E-state index in [-0.39, 0.29) is 5.82 Å². The van der Waals surface area contributed by atoms with E-state index in [2.05, 4.69) is 15.3 Å². The highest BCUT2D eigenvalue weighted by Crippen LogP contribution is 2.34. The van der Waals surface area contributed by atoms with Gasteiger partial charge >= 0.3 is 0 Å². The lowest BCUT2D eigenvalue weighted by molar-refractivity contribution is 0.628. The molecule has 0 spiro atoms. The maximum absolute atomic E-state index is 13.2. The summed E-state index contributed by atoms with van der Waals surface area (Å²) in [4.78, 5) is 10.7. The van der Waals surface area contributed by atoms with Gasteiger partial charge in [0.2, 0.25) is 5.95 Å². The molecular weight excluding hydrogens is 297 g/mol. The minimum Gasteiger partial charge on any atom is -0.324 e. The highest BCUT2D eigenvalue weighted by atomic mass is 35.5. The summed E-state index contributed by atoms with van der Waals surface area (Å²) in [6.45, 7) is 4.03. The number of aromatic nitrogens is 2. The number of hydrogen-bond acceptors (Lipinski definition) is 4. The molecule has 0 unspecified atom stereocenters. The number of benzene rings is 1. The molecule has 0 aliphatic carbocycles. The summed E-state index contributed by atoms with van der Waals surface area (Å²) in [6, 6.07) is 6.13. The molecule has 0 aliphatic rings. The van der Waals surface area contributed by atoms with Gasteiger partial charge < -0.3 is 5.32 Å². The quantitative estimate of drug-likeness (QED) is 0.688. The van der Waals surface area contributed by atoms with Gasteiger partial charge in [0, 0.05) is 10.6 Å². The van der Waals surface area contributed by atoms with Crippen molar-refractivity contribution >= 4 is 44.8 Å². The van der Waals surface area contributed by atoms with Gasteiger partial charge in [-0.25, -0.2) is 14.4 Å². The maximum Gasteiger partial charge on any atom is 0.230 e. The molecule has 1 aromatic carbocycles. The average molecular weight is 308 g/mol. The fourth-order valence-electron chi connectivity index (χ4n) is 1.95. The third-order valence-electron chi connectivity index (χ3n) is 3.07. The van der Waals surface area contributed by atoms with E-state index in [1.54, 1.807) is 23.5 Å². The summed E-state index contributed by atoms with van der Waals surface area (Å²) < 4.78 is 13.2. The SMILES string of the molecule is Cc1sc2nc(Nc3cccc(F)c3)nc(Cl)c2c1C. The molecular formula is C14H11ClFN3S. The van der Waals surface area contributed by atoms with Gasteiger partial charge in [-0.15, -0.1) is 11.3 Å². The number of hydrogen-bond donors (Lipinski definition) is 1. The van der Waals surface area contributed by atoms with Gasteiger partial charge in [0.1, 0.15) is 15.8 Å². The molecule has 2 heterocycles. The van der Waals surface area contributed by atoms with Crippen LogP contribution in [0, 0.1) is 19.7 Å². The Morgan fingerprint density at radius 2 is 2.05 bits per heavy atom. The number of nitrogens with one attached hydrogen (secondary N) is 1. The van der Waals surface area contributed by atoms with Crippen molar-refractivity contribution in [1.82, 2.24) is 9.97 Å². The highest BCUT2D eigenvalue weighted by Gasteiger charge is 2.13. The Bertz CT molecular complexity index is 800. The number of aryl methyl sites for hydroxylation is 2. The first-order valence-corrected chi connectivity index (χ1v) is 7.20. The van der Waals surface area contributed by atoms with Gasteiger partial charge in [-0.3, -0.25) is 0 Å². The van der Waals surface area contributed by atoms with E-state index in [1.807, 2.05) is 13.8 Å². The third kappa shape index (κ3) is 2.34. The van der Waals surface area contributed by atoms with Crippen LogP contribution in [0.4, 0.5) is 16.0 Å². The Morgan fingerprint density at radius 3 is 2.80 bits per heavy atom. The molecule has 0 saturated carbocycles. The van der Waals surface area contributed by atoms with Crippen LogP contribution in [-0.2, 0) is 0 Å². The molecule has 0 fully saturated rings. The predicted molar refractivity (Wildman–Crippen MR) is 81.6 cm³/mol. The lowest BCUT2D eigenvalue weighted by Gasteiger charge is -2.05. The number of nitrogens with zero attached hydrogens (tertiary/aromatic N) is 2. The van der Waals surface area contributed by atoms with Crippen LogP contribution in [0.15, 0.2) is 24.3 Å². The lowest BCUT2D eigenvalue weighted by atomic mass is 10.2. The Balaban J connectivity index is 2.05. The largest absolute Gasteiger partial charge is 0.324 e. The summed E-state index contributed by atoms with van der Waals surface area (Å²) in [5.74, 6) is 0.0549. The Hall–Kier alpha value is -1.72. The number of rotatable bonds is 2. The summed E-state index contributed by atoms with van der Waals surface area (Å²) in [6.07, 6.45) is 0. The van der Waals surface area contributed by atoms with Crippen LogP contribution in [0.5, 0.6) is 0 Å². The molecule has 1 N–H and O–H groups in total. The van der Waals surface area contributed by atoms with Crippen molar-refractivity contribution in [2.75, 3.05) is 5.32 Å². The van der Waals surface area contributed by atoms with Crippen molar-refractivity contribution in [3.63, 3.8) is 0 Å². The predicted octanol–water partition coefficient (Wildman–Crippen LogP) is 4.84. The molecule has 6 heteroatoms. The fraction of sp³-hybridized carbons (Fsp3) is 0.143. The summed E-state index contributed by atoms with van der Waals surface area (Å²) >= 11 is 7.79. The van der Waals surface area contributed by atoms with Crippen molar-refractivity contribution in [3.05, 3.63) is 45.7 Å². The van der Waals surface area contributed by atoms with Crippen molar-refractivity contribution in [2.45, 2.75) is 13.8 Å². The first-order valence-electron chi connectivity index (χ1n) is 6.00. The second kappa shape index (κ2) is 5.00. The Labute approximate surface area is 124 Å². The summed E-state index contributed by atoms with van der Waals surface area (Å²) in [5, 5.41) is 4.27. The van der Waals surface area contributed by atoms with Crippen LogP contribution >= 0.6 is 22.9 Å². The van der Waals surface area contributed by atoms with E-state index < -0.39 is 0 Å². The van der Waals surface area contributed by atoms with Crippen molar-refractivity contribution in [2.24, 2.45) is 0 Å². The van der Waals surface area contributed by atoms with Gasteiger partial charge in [0.05, 0.1) is 5.39 Å². The highest BCUT2D eigenvalue weighted by molar-refractivity contribution is 7.18. The molecule has 2 aromatic heterocycles. The van der Waals surface area contributed by atoms with Gasteiger partial charge in [0.15, 0.2) is 0 Å². The van der Waals surface area contributed by atoms with Gasteiger partial charge in [-0.05, 0) is 37.6 Å². The molecule has 3 nitrogen and oxygen atoms in total. The maximum atomic E-state index is 13.2. The van der Waals surface area contributed by atoms with E-state index in [4.69, 9.17) is 11.6 Å². The van der Waals surface area contributed by atoms with E-state index in [0.29, 0.717) is 16.8 Å². The standard InChI is InChI=1S/C14H11ClFN3S/c1-7-8(2)20-13-11(7)12(15)18-14(19-13)17-10-5-3-4-9(16)6-10/h3-6H,1-2H3,(H,17,18,19). The molecule has 0 amide bonds. The zero-order valence-corrected chi connectivity index (χ0v) is 12.4. The molecule has 0 aliphatic heterocycles. The first kappa shape index (κ1) is 13.3. The molecule has 3 rings (SSSR count). The van der Waals surface area contributed by atoms with E-state index in [0.717, 1.165) is 15.8 Å². The van der Waals surface area contributed by atoms with E-state index >= 15 is 0 Å². The number of anilines is 2. The van der Waals surface area contributed by atoms with Crippen molar-refractivity contribution in [1.29, 1.82) is 0 Å². The molecule has 0 bridgehead atoms. The lowest BCUT2D eigenvalue weighted by Crippen LogP contribution is -1.97. The second-order valence-corrected chi connectivity index (χ2v) is 6.00. The zero-order valence-electron chi connectivity index (χ0n) is 10.9. The van der Waals surface area contributed by atoms with Crippen molar-refractivity contribution < 1.29 is 4.39 Å². The average Bonchev–Trinajstić information content (AvgIpc) is 2.65. The topological polar surface area (TPSA) is 37.8 Å². The molecule has 20 heavy (non-hydrogen) atoms. The summed E-state index contributed by atoms with van der Waals surface area (Å²) in [5.41, 5.74) is 1.69. The molecule has 0 radical (unpaired) electrons. The van der Waals surface area contributed by atoms with E-state index in [9.17, 15) is 4.39 Å². The van der Waals surface area contributed by atoms with Crippen LogP contribution in [-0.4, -0.2) is 9.97 Å². The van der Waals surface area contributed by atoms with Gasteiger partial charge in [0.25, 0.3) is 0 Å². The minimum atomic E-state index is -0.315. The summed E-state index contributed by atoms with van der Waals surface area (Å²) in [7, 11) is 0. The normalized spacial score (nSPS) is 11.0. The Morgan fingerprint density at radius 1 is 1.25 bits per heavy atom. The number of fused-ring (bicyclic) bond motifs is 1. The molecule has 102 valence electrons. The number of thiophene rings is 1. The van der Waals surface area contributed by atoms with E-state index in [1.165, 1.54) is 17.0 Å². The van der Waals surface area contributed by atoms with Crippen molar-refractivity contribution in [3.8, 4) is 0 Å². The zero-order chi connectivity index (χ0) is 14.3. The van der Waals surface area contributed by atoms with Crippen LogP contribution < -0.4 is 5.32 Å². The first-order chi connectivity index (χ1) is 9.54.